The Hall–Kier alpha value is -1.18. The van der Waals surface area contributed by atoms with Gasteiger partial charge >= 0.3 is 0 Å². The maximum absolute atomic E-state index is 11.7. The summed E-state index contributed by atoms with van der Waals surface area (Å²) in [6.07, 6.45) is 11.3. The van der Waals surface area contributed by atoms with Gasteiger partial charge in [-0.25, -0.2) is 0 Å². The zero-order valence-electron chi connectivity index (χ0n) is 7.95. The van der Waals surface area contributed by atoms with Crippen LogP contribution in [0.25, 0.3) is 0 Å². The largest absolute Gasteiger partial charge is 0.290 e. The van der Waals surface area contributed by atoms with E-state index in [0.717, 1.165) is 25.7 Å². The highest BCUT2D eigenvalue weighted by atomic mass is 16.2. The Kier molecular flexibility index (Phi) is 1.31. The molecule has 14 heavy (non-hydrogen) atoms. The molecule has 0 saturated heterocycles. The molecule has 0 aliphatic heterocycles. The van der Waals surface area contributed by atoms with Gasteiger partial charge in [0.05, 0.1) is 10.8 Å². The van der Waals surface area contributed by atoms with Crippen LogP contribution in [0.5, 0.6) is 0 Å². The van der Waals surface area contributed by atoms with Crippen LogP contribution in [-0.4, -0.2) is 11.6 Å². The molecule has 2 heteroatoms. The topological polar surface area (TPSA) is 34.1 Å². The zero-order valence-corrected chi connectivity index (χ0v) is 7.95. The molecule has 0 atom stereocenters. The predicted molar refractivity (Wildman–Crippen MR) is 51.6 cm³/mol. The van der Waals surface area contributed by atoms with Crippen LogP contribution in [0.15, 0.2) is 24.3 Å². The lowest BCUT2D eigenvalue weighted by Gasteiger charge is -2.58. The van der Waals surface area contributed by atoms with Crippen LogP contribution in [-0.2, 0) is 9.59 Å². The third kappa shape index (κ3) is 0.597. The quantitative estimate of drug-likeness (QED) is 0.429. The van der Waals surface area contributed by atoms with Crippen LogP contribution in [0.4, 0.5) is 0 Å². The van der Waals surface area contributed by atoms with E-state index in [-0.39, 0.29) is 22.4 Å². The van der Waals surface area contributed by atoms with Crippen molar-refractivity contribution < 1.29 is 9.59 Å². The fourth-order valence-electron chi connectivity index (χ4n) is 3.26. The first-order valence-corrected chi connectivity index (χ1v) is 5.12. The molecule has 0 bridgehead atoms. The summed E-state index contributed by atoms with van der Waals surface area (Å²) in [5, 5.41) is 0. The van der Waals surface area contributed by atoms with E-state index in [4.69, 9.17) is 0 Å². The molecule has 0 amide bonds. The number of ketones is 2. The summed E-state index contributed by atoms with van der Waals surface area (Å²) >= 11 is 0. The minimum Gasteiger partial charge on any atom is -0.290 e. The minimum absolute atomic E-state index is 0.119. The summed E-state index contributed by atoms with van der Waals surface area (Å²) in [5.41, 5.74) is -0.679. The lowest BCUT2D eigenvalue weighted by Crippen LogP contribution is -2.68. The molecule has 0 N–H and O–H groups in total. The van der Waals surface area contributed by atoms with Gasteiger partial charge in [0, 0.05) is 0 Å². The van der Waals surface area contributed by atoms with Crippen molar-refractivity contribution in [2.75, 3.05) is 0 Å². The fraction of sp³-hybridized carbons (Fsp3) is 0.500. The summed E-state index contributed by atoms with van der Waals surface area (Å²) in [4.78, 5) is 23.5. The molecule has 3 aliphatic rings. The molecule has 1 fully saturated rings. The summed E-state index contributed by atoms with van der Waals surface area (Å²) < 4.78 is 0. The molecular formula is C12H12O2. The number of hydrogen-bond acceptors (Lipinski definition) is 2. The molecule has 0 radical (unpaired) electrons. The Balaban J connectivity index is 2.18. The van der Waals surface area contributed by atoms with Crippen molar-refractivity contribution >= 4 is 11.6 Å². The van der Waals surface area contributed by atoms with Crippen LogP contribution in [0.2, 0.25) is 0 Å². The Morgan fingerprint density at radius 2 is 1.00 bits per heavy atom. The van der Waals surface area contributed by atoms with Crippen molar-refractivity contribution in [2.24, 2.45) is 10.8 Å². The standard InChI is InChI=1S/C12H12O2/c13-9-10(14)12-6-2-1-5-11(9,12)7-3-4-8-12/h1-4H,5-8H2. The van der Waals surface area contributed by atoms with E-state index in [2.05, 4.69) is 24.3 Å². The van der Waals surface area contributed by atoms with E-state index in [0.29, 0.717) is 0 Å². The highest BCUT2D eigenvalue weighted by Gasteiger charge is 2.71. The van der Waals surface area contributed by atoms with Gasteiger partial charge in [-0.05, 0) is 25.7 Å². The monoisotopic (exact) mass is 188 g/mol. The van der Waals surface area contributed by atoms with Gasteiger partial charge in [-0.15, -0.1) is 0 Å². The Bertz CT molecular complexity index is 333. The third-order valence-corrected chi connectivity index (χ3v) is 4.19. The molecular weight excluding hydrogens is 176 g/mol. The predicted octanol–water partition coefficient (Wildman–Crippen LogP) is 1.81. The molecule has 72 valence electrons. The van der Waals surface area contributed by atoms with Crippen molar-refractivity contribution in [1.82, 2.24) is 0 Å². The highest BCUT2D eigenvalue weighted by molar-refractivity contribution is 6.49. The third-order valence-electron chi connectivity index (χ3n) is 4.19. The molecule has 3 rings (SSSR count). The Morgan fingerprint density at radius 1 is 0.714 bits per heavy atom. The minimum atomic E-state index is -0.340. The summed E-state index contributed by atoms with van der Waals surface area (Å²) in [6, 6.07) is 0. The van der Waals surface area contributed by atoms with E-state index in [1.165, 1.54) is 0 Å². The highest BCUT2D eigenvalue weighted by Crippen LogP contribution is 2.63. The average molecular weight is 188 g/mol. The Morgan fingerprint density at radius 3 is 1.29 bits per heavy atom. The molecule has 1 saturated carbocycles. The van der Waals surface area contributed by atoms with Crippen molar-refractivity contribution in [2.45, 2.75) is 25.7 Å². The van der Waals surface area contributed by atoms with Gasteiger partial charge in [-0.3, -0.25) is 9.59 Å². The number of hydrogen-bond donors (Lipinski definition) is 0. The van der Waals surface area contributed by atoms with E-state index in [1.807, 2.05) is 0 Å². The van der Waals surface area contributed by atoms with Crippen molar-refractivity contribution in [3.63, 3.8) is 0 Å². The first-order valence-electron chi connectivity index (χ1n) is 5.12. The number of carbonyl (C=O) groups is 2. The number of carbonyl (C=O) groups excluding carboxylic acids is 2. The van der Waals surface area contributed by atoms with Gasteiger partial charge in [-0.1, -0.05) is 24.3 Å². The second kappa shape index (κ2) is 2.25. The van der Waals surface area contributed by atoms with Crippen LogP contribution < -0.4 is 0 Å². The lowest BCUT2D eigenvalue weighted by atomic mass is 9.40. The summed E-state index contributed by atoms with van der Waals surface area (Å²) in [6.45, 7) is 0. The summed E-state index contributed by atoms with van der Waals surface area (Å²) in [5.74, 6) is -0.239. The van der Waals surface area contributed by atoms with Gasteiger partial charge in [0.2, 0.25) is 11.6 Å². The van der Waals surface area contributed by atoms with Crippen LogP contribution in [0, 0.1) is 10.8 Å². The van der Waals surface area contributed by atoms with Gasteiger partial charge < -0.3 is 0 Å². The number of allylic oxidation sites excluding steroid dienone is 4. The molecule has 3 aliphatic carbocycles. The average Bonchev–Trinajstić information content (AvgIpc) is 2.26. The molecule has 0 spiro atoms. The van der Waals surface area contributed by atoms with Gasteiger partial charge in [0.25, 0.3) is 0 Å². The van der Waals surface area contributed by atoms with Crippen molar-refractivity contribution in [1.29, 1.82) is 0 Å². The van der Waals surface area contributed by atoms with E-state index < -0.39 is 0 Å². The second-order valence-corrected chi connectivity index (χ2v) is 4.58. The van der Waals surface area contributed by atoms with E-state index in [9.17, 15) is 9.59 Å². The molecule has 2 nitrogen and oxygen atoms in total. The lowest BCUT2D eigenvalue weighted by molar-refractivity contribution is -0.175. The maximum atomic E-state index is 11.7. The van der Waals surface area contributed by atoms with Crippen LogP contribution >= 0.6 is 0 Å². The maximum Gasteiger partial charge on any atom is 0.206 e. The van der Waals surface area contributed by atoms with E-state index in [1.54, 1.807) is 0 Å². The van der Waals surface area contributed by atoms with E-state index >= 15 is 0 Å². The Labute approximate surface area is 82.7 Å². The molecule has 0 aromatic rings. The van der Waals surface area contributed by atoms with Crippen LogP contribution in [0.3, 0.4) is 0 Å². The normalized spacial score (nSPS) is 44.3. The smallest absolute Gasteiger partial charge is 0.206 e. The first kappa shape index (κ1) is 8.16. The van der Waals surface area contributed by atoms with Crippen LogP contribution in [0.1, 0.15) is 25.7 Å². The molecule has 0 aromatic heterocycles. The fourth-order valence-corrected chi connectivity index (χ4v) is 3.26. The van der Waals surface area contributed by atoms with Gasteiger partial charge in [0.1, 0.15) is 0 Å². The molecule has 0 aromatic carbocycles. The summed E-state index contributed by atoms with van der Waals surface area (Å²) in [7, 11) is 0. The van der Waals surface area contributed by atoms with Gasteiger partial charge in [-0.2, -0.15) is 0 Å². The van der Waals surface area contributed by atoms with Crippen molar-refractivity contribution in [3.05, 3.63) is 24.3 Å². The molecule has 0 heterocycles. The van der Waals surface area contributed by atoms with Gasteiger partial charge in [0.15, 0.2) is 0 Å². The zero-order chi connectivity index (χ0) is 9.81. The number of rotatable bonds is 0. The van der Waals surface area contributed by atoms with Crippen molar-refractivity contribution in [3.8, 4) is 0 Å². The first-order chi connectivity index (χ1) is 6.73. The molecule has 0 unspecified atom stereocenters. The SMILES string of the molecule is O=C1C(=O)C23CC=CCC12CC=CC3. The second-order valence-electron chi connectivity index (χ2n) is 4.58. The number of Topliss-reactive ketones (excluding diaryl/α,β-unsaturated/α-hetero) is 2.